The minimum absolute atomic E-state index is 0.0357. The van der Waals surface area contributed by atoms with Gasteiger partial charge in [-0.3, -0.25) is 4.79 Å². The first kappa shape index (κ1) is 15.1. The number of carbonyl (C=O) groups is 1. The van der Waals surface area contributed by atoms with Crippen molar-refractivity contribution in [3.8, 4) is 0 Å². The first-order valence-corrected chi connectivity index (χ1v) is 7.84. The Morgan fingerprint density at radius 1 is 1.10 bits per heavy atom. The molecule has 0 saturated heterocycles. The summed E-state index contributed by atoms with van der Waals surface area (Å²) in [6.07, 6.45) is 0.288. The minimum atomic E-state index is -0.0359. The third-order valence-corrected chi connectivity index (χ3v) is 4.02. The maximum absolute atomic E-state index is 12.1. The second-order valence-electron chi connectivity index (χ2n) is 4.45. The van der Waals surface area contributed by atoms with Crippen molar-refractivity contribution in [1.29, 1.82) is 0 Å². The lowest BCUT2D eigenvalue weighted by Gasteiger charge is -2.17. The third kappa shape index (κ3) is 4.09. The Balaban J connectivity index is 2.02. The number of rotatable bonds is 5. The largest absolute Gasteiger partial charge is 0.348 e. The van der Waals surface area contributed by atoms with E-state index in [-0.39, 0.29) is 18.4 Å². The molecule has 0 heterocycles. The highest BCUT2D eigenvalue weighted by Gasteiger charge is 2.14. The van der Waals surface area contributed by atoms with Crippen molar-refractivity contribution in [3.63, 3.8) is 0 Å². The lowest BCUT2D eigenvalue weighted by atomic mass is 10.1. The topological polar surface area (TPSA) is 29.1 Å². The van der Waals surface area contributed by atoms with Crippen LogP contribution in [0.15, 0.2) is 54.6 Å². The SMILES string of the molecule is O=C(Cc1ccccc1Cl)NC(CBr)c1ccccc1. The lowest BCUT2D eigenvalue weighted by molar-refractivity contribution is -0.121. The first-order chi connectivity index (χ1) is 9.70. The van der Waals surface area contributed by atoms with Gasteiger partial charge in [-0.25, -0.2) is 0 Å². The van der Waals surface area contributed by atoms with Crippen molar-refractivity contribution >= 4 is 33.4 Å². The molecule has 2 aromatic rings. The molecule has 2 rings (SSSR count). The van der Waals surface area contributed by atoms with E-state index in [1.807, 2.05) is 48.5 Å². The number of carbonyl (C=O) groups excluding carboxylic acids is 1. The molecule has 104 valence electrons. The van der Waals surface area contributed by atoms with Gasteiger partial charge in [0.15, 0.2) is 0 Å². The summed E-state index contributed by atoms with van der Waals surface area (Å²) in [6, 6.07) is 17.3. The van der Waals surface area contributed by atoms with Gasteiger partial charge >= 0.3 is 0 Å². The van der Waals surface area contributed by atoms with Crippen molar-refractivity contribution in [2.75, 3.05) is 5.33 Å². The maximum Gasteiger partial charge on any atom is 0.224 e. The van der Waals surface area contributed by atoms with Crippen molar-refractivity contribution in [3.05, 3.63) is 70.7 Å². The van der Waals surface area contributed by atoms with Gasteiger partial charge in [0, 0.05) is 10.4 Å². The molecule has 0 aromatic heterocycles. The summed E-state index contributed by atoms with van der Waals surface area (Å²) < 4.78 is 0. The van der Waals surface area contributed by atoms with Crippen LogP contribution in [0, 0.1) is 0 Å². The van der Waals surface area contributed by atoms with Crippen LogP contribution in [0.1, 0.15) is 17.2 Å². The van der Waals surface area contributed by atoms with E-state index in [1.165, 1.54) is 0 Å². The molecule has 4 heteroatoms. The molecular weight excluding hydrogens is 338 g/mol. The molecule has 0 radical (unpaired) electrons. The van der Waals surface area contributed by atoms with Crippen LogP contribution in [0.2, 0.25) is 5.02 Å². The van der Waals surface area contributed by atoms with Crippen LogP contribution in [0.3, 0.4) is 0 Å². The smallest absolute Gasteiger partial charge is 0.224 e. The third-order valence-electron chi connectivity index (χ3n) is 3.00. The number of amides is 1. The Bertz CT molecular complexity index is 574. The molecule has 20 heavy (non-hydrogen) atoms. The Morgan fingerprint density at radius 2 is 1.75 bits per heavy atom. The lowest BCUT2D eigenvalue weighted by Crippen LogP contribution is -2.30. The zero-order valence-corrected chi connectivity index (χ0v) is 13.2. The Morgan fingerprint density at radius 3 is 2.40 bits per heavy atom. The fourth-order valence-corrected chi connectivity index (χ4v) is 2.69. The number of hydrogen-bond donors (Lipinski definition) is 1. The predicted octanol–water partition coefficient (Wildman–Crippen LogP) is 4.13. The van der Waals surface area contributed by atoms with E-state index >= 15 is 0 Å². The molecule has 2 nitrogen and oxygen atoms in total. The standard InChI is InChI=1S/C16H15BrClNO/c17-11-15(12-6-2-1-3-7-12)19-16(20)10-13-8-4-5-9-14(13)18/h1-9,15H,10-11H2,(H,19,20). The Kier molecular flexibility index (Phi) is 5.62. The van der Waals surface area contributed by atoms with Gasteiger partial charge in [-0.2, -0.15) is 0 Å². The van der Waals surface area contributed by atoms with Crippen molar-refractivity contribution in [2.24, 2.45) is 0 Å². The highest BCUT2D eigenvalue weighted by Crippen LogP contribution is 2.18. The summed E-state index contributed by atoms with van der Waals surface area (Å²) in [6.45, 7) is 0. The molecule has 0 aliphatic carbocycles. The van der Waals surface area contributed by atoms with E-state index in [0.29, 0.717) is 10.4 Å². The summed E-state index contributed by atoms with van der Waals surface area (Å²) in [5.74, 6) is -0.0357. The molecule has 0 bridgehead atoms. The van der Waals surface area contributed by atoms with E-state index in [0.717, 1.165) is 11.1 Å². The molecule has 0 spiro atoms. The molecule has 0 saturated carbocycles. The average molecular weight is 353 g/mol. The molecule has 0 fully saturated rings. The first-order valence-electron chi connectivity index (χ1n) is 6.34. The van der Waals surface area contributed by atoms with Crippen LogP contribution >= 0.6 is 27.5 Å². The molecule has 1 N–H and O–H groups in total. The Hall–Kier alpha value is -1.32. The van der Waals surface area contributed by atoms with Gasteiger partial charge in [-0.1, -0.05) is 76.1 Å². The predicted molar refractivity (Wildman–Crippen MR) is 86.3 cm³/mol. The van der Waals surface area contributed by atoms with Gasteiger partial charge in [0.05, 0.1) is 12.5 Å². The van der Waals surface area contributed by atoms with Gasteiger partial charge < -0.3 is 5.32 Å². The van der Waals surface area contributed by atoms with Gasteiger partial charge in [0.1, 0.15) is 0 Å². The van der Waals surface area contributed by atoms with Crippen molar-refractivity contribution < 1.29 is 4.79 Å². The monoisotopic (exact) mass is 351 g/mol. The second kappa shape index (κ2) is 7.46. The quantitative estimate of drug-likeness (QED) is 0.805. The van der Waals surface area contributed by atoms with Crippen LogP contribution < -0.4 is 5.32 Å². The van der Waals surface area contributed by atoms with E-state index in [2.05, 4.69) is 21.2 Å². The molecule has 0 aliphatic rings. The fourth-order valence-electron chi connectivity index (χ4n) is 1.96. The zero-order valence-electron chi connectivity index (χ0n) is 10.9. The number of benzene rings is 2. The molecule has 1 unspecified atom stereocenters. The fraction of sp³-hybridized carbons (Fsp3) is 0.188. The van der Waals surface area contributed by atoms with E-state index in [1.54, 1.807) is 6.07 Å². The van der Waals surface area contributed by atoms with Crippen molar-refractivity contribution in [1.82, 2.24) is 5.32 Å². The van der Waals surface area contributed by atoms with Crippen LogP contribution in [-0.4, -0.2) is 11.2 Å². The number of alkyl halides is 1. The van der Waals surface area contributed by atoms with E-state index in [4.69, 9.17) is 11.6 Å². The summed E-state index contributed by atoms with van der Waals surface area (Å²) in [7, 11) is 0. The average Bonchev–Trinajstić information content (AvgIpc) is 2.48. The van der Waals surface area contributed by atoms with E-state index < -0.39 is 0 Å². The molecule has 2 aromatic carbocycles. The van der Waals surface area contributed by atoms with Crippen LogP contribution in [0.4, 0.5) is 0 Å². The summed E-state index contributed by atoms with van der Waals surface area (Å²) >= 11 is 9.51. The van der Waals surface area contributed by atoms with Crippen LogP contribution in [-0.2, 0) is 11.2 Å². The summed E-state index contributed by atoms with van der Waals surface area (Å²) in [4.78, 5) is 12.1. The van der Waals surface area contributed by atoms with Crippen molar-refractivity contribution in [2.45, 2.75) is 12.5 Å². The van der Waals surface area contributed by atoms with E-state index in [9.17, 15) is 4.79 Å². The number of hydrogen-bond acceptors (Lipinski definition) is 1. The van der Waals surface area contributed by atoms with Gasteiger partial charge in [0.25, 0.3) is 0 Å². The van der Waals surface area contributed by atoms with Gasteiger partial charge in [-0.15, -0.1) is 0 Å². The molecule has 1 amide bonds. The number of nitrogens with one attached hydrogen (secondary N) is 1. The van der Waals surface area contributed by atoms with Crippen LogP contribution in [0.25, 0.3) is 0 Å². The second-order valence-corrected chi connectivity index (χ2v) is 5.51. The normalized spacial score (nSPS) is 11.9. The van der Waals surface area contributed by atoms with Gasteiger partial charge in [0.2, 0.25) is 5.91 Å². The molecular formula is C16H15BrClNO. The summed E-state index contributed by atoms with van der Waals surface area (Å²) in [5, 5.41) is 4.31. The highest BCUT2D eigenvalue weighted by molar-refractivity contribution is 9.09. The summed E-state index contributed by atoms with van der Waals surface area (Å²) in [5.41, 5.74) is 1.92. The Labute approximate surface area is 132 Å². The molecule has 1 atom stereocenters. The highest BCUT2D eigenvalue weighted by atomic mass is 79.9. The maximum atomic E-state index is 12.1. The zero-order chi connectivity index (χ0) is 14.4. The van der Waals surface area contributed by atoms with Crippen LogP contribution in [0.5, 0.6) is 0 Å². The minimum Gasteiger partial charge on any atom is -0.348 e. The van der Waals surface area contributed by atoms with Gasteiger partial charge in [-0.05, 0) is 17.2 Å². The molecule has 0 aliphatic heterocycles. The number of halogens is 2.